The van der Waals surface area contributed by atoms with Crippen LogP contribution in [0.25, 0.3) is 11.1 Å². The van der Waals surface area contributed by atoms with E-state index in [4.69, 9.17) is 4.74 Å². The molecule has 7 heteroatoms. The van der Waals surface area contributed by atoms with Gasteiger partial charge in [0.15, 0.2) is 0 Å². The largest absolute Gasteiger partial charge is 0.481 e. The van der Waals surface area contributed by atoms with E-state index < -0.39 is 11.4 Å². The standard InChI is InChI=1S/C17H21N.C13H19NO2.C13H13N.C12H19NO/c1-3-15(16-9-5-4-6-10-16)13-14(2)17-11-7-8-12-18-17;1-4-13(3,12(15)16)9-10(2)11-5-7-14-8-6-11;1-10-4-3-5-12(6-10)13-7-11(2)8-14-9-13;1-4-12(14-3)9-10(2)11-5-7-13-8-6-11/h4-12,14-15H,3,13H2,1-2H3;5-8,10H,4,9H2,1-3H3,(H,15,16);3-9H,1-2H3;5-8,10,12H,4,9H2,1-3H3. The molecule has 0 aliphatic carbocycles. The Hall–Kier alpha value is -5.53. The number of methoxy groups -OCH3 is 1. The van der Waals surface area contributed by atoms with Gasteiger partial charge in [-0.25, -0.2) is 0 Å². The van der Waals surface area contributed by atoms with Crippen molar-refractivity contribution in [1.29, 1.82) is 0 Å². The van der Waals surface area contributed by atoms with Gasteiger partial charge >= 0.3 is 5.97 Å². The topological polar surface area (TPSA) is 98.1 Å². The summed E-state index contributed by atoms with van der Waals surface area (Å²) < 4.78 is 5.38. The fourth-order valence-electron chi connectivity index (χ4n) is 7.54. The SMILES string of the molecule is CCC(C)(CC(C)c1ccncc1)C(=O)O.CCC(CC(C)c1ccccn1)c1ccccc1.CCC(CC(C)c1ccncc1)OC.Cc1cccc(-c2cncc(C)c2)c1. The Morgan fingerprint density at radius 3 is 1.76 bits per heavy atom. The Morgan fingerprint density at radius 1 is 0.629 bits per heavy atom. The predicted molar refractivity (Wildman–Crippen MR) is 258 cm³/mol. The van der Waals surface area contributed by atoms with Crippen LogP contribution in [0.4, 0.5) is 0 Å². The summed E-state index contributed by atoms with van der Waals surface area (Å²) >= 11 is 0. The number of carboxylic acids is 1. The molecule has 0 spiro atoms. The normalized spacial score (nSPS) is 14.0. The molecule has 4 aromatic heterocycles. The third-order valence-electron chi connectivity index (χ3n) is 11.8. The van der Waals surface area contributed by atoms with Crippen LogP contribution in [0.3, 0.4) is 0 Å². The van der Waals surface area contributed by atoms with E-state index in [-0.39, 0.29) is 5.92 Å². The number of benzene rings is 2. The number of hydrogen-bond acceptors (Lipinski definition) is 6. The molecule has 0 saturated heterocycles. The van der Waals surface area contributed by atoms with E-state index in [0.717, 1.165) is 24.8 Å². The Labute approximate surface area is 373 Å². The third kappa shape index (κ3) is 17.4. The summed E-state index contributed by atoms with van der Waals surface area (Å²) in [5.74, 6) is 1.21. The van der Waals surface area contributed by atoms with Gasteiger partial charge in [0.1, 0.15) is 0 Å². The molecular formula is C55H72N4O3. The van der Waals surface area contributed by atoms with E-state index in [9.17, 15) is 9.90 Å². The maximum absolute atomic E-state index is 11.2. The molecular weight excluding hydrogens is 765 g/mol. The number of aliphatic carboxylic acids is 1. The second-order valence-corrected chi connectivity index (χ2v) is 16.8. The number of hydrogen-bond donors (Lipinski definition) is 1. The zero-order chi connectivity index (χ0) is 45.3. The number of carbonyl (C=O) groups is 1. The van der Waals surface area contributed by atoms with Crippen LogP contribution in [-0.4, -0.2) is 44.2 Å². The van der Waals surface area contributed by atoms with Gasteiger partial charge in [0, 0.05) is 61.7 Å². The molecule has 0 bridgehead atoms. The zero-order valence-electron chi connectivity index (χ0n) is 39.0. The summed E-state index contributed by atoms with van der Waals surface area (Å²) in [7, 11) is 1.79. The molecule has 1 N–H and O–H groups in total. The van der Waals surface area contributed by atoms with Crippen molar-refractivity contribution in [2.45, 2.75) is 131 Å². The smallest absolute Gasteiger partial charge is 0.309 e. The number of carboxylic acid groups (broad SMARTS) is 1. The van der Waals surface area contributed by atoms with Crippen LogP contribution in [-0.2, 0) is 9.53 Å². The van der Waals surface area contributed by atoms with Crippen molar-refractivity contribution in [2.75, 3.05) is 7.11 Å². The molecule has 6 aromatic rings. The van der Waals surface area contributed by atoms with Gasteiger partial charge in [0.25, 0.3) is 0 Å². The van der Waals surface area contributed by atoms with Gasteiger partial charge < -0.3 is 9.84 Å². The zero-order valence-corrected chi connectivity index (χ0v) is 39.0. The first-order valence-electron chi connectivity index (χ1n) is 22.3. The molecule has 62 heavy (non-hydrogen) atoms. The number of aromatic nitrogens is 4. The van der Waals surface area contributed by atoms with Crippen molar-refractivity contribution in [3.05, 3.63) is 180 Å². The fraction of sp³-hybridized carbons (Fsp3) is 0.400. The maximum Gasteiger partial charge on any atom is 0.309 e. The lowest BCUT2D eigenvalue weighted by molar-refractivity contribution is -0.148. The highest BCUT2D eigenvalue weighted by Gasteiger charge is 2.33. The molecule has 7 nitrogen and oxygen atoms in total. The average molecular weight is 837 g/mol. The molecule has 4 heterocycles. The molecule has 2 aromatic carbocycles. The Bertz CT molecular complexity index is 2050. The molecule has 0 aliphatic rings. The number of rotatable bonds is 16. The van der Waals surface area contributed by atoms with Crippen molar-refractivity contribution < 1.29 is 14.6 Å². The first-order chi connectivity index (χ1) is 29.8. The van der Waals surface area contributed by atoms with Crippen molar-refractivity contribution in [3.63, 3.8) is 0 Å². The van der Waals surface area contributed by atoms with Gasteiger partial charge in [-0.3, -0.25) is 24.7 Å². The average Bonchev–Trinajstić information content (AvgIpc) is 3.31. The molecule has 330 valence electrons. The Kier molecular flexibility index (Phi) is 22.5. The van der Waals surface area contributed by atoms with Crippen molar-refractivity contribution in [2.24, 2.45) is 5.41 Å². The minimum absolute atomic E-state index is 0.240. The van der Waals surface area contributed by atoms with Crippen LogP contribution in [0.2, 0.25) is 0 Å². The number of aryl methyl sites for hydroxylation is 2. The van der Waals surface area contributed by atoms with Crippen LogP contribution in [0.15, 0.2) is 147 Å². The lowest BCUT2D eigenvalue weighted by atomic mass is 9.77. The second-order valence-electron chi connectivity index (χ2n) is 16.8. The molecule has 0 radical (unpaired) electrons. The van der Waals surface area contributed by atoms with E-state index in [0.29, 0.717) is 36.7 Å². The van der Waals surface area contributed by atoms with Gasteiger partial charge in [0.2, 0.25) is 0 Å². The van der Waals surface area contributed by atoms with E-state index >= 15 is 0 Å². The molecule has 6 rings (SSSR count). The third-order valence-corrected chi connectivity index (χ3v) is 11.8. The fourth-order valence-corrected chi connectivity index (χ4v) is 7.54. The highest BCUT2D eigenvalue weighted by Crippen LogP contribution is 2.35. The summed E-state index contributed by atoms with van der Waals surface area (Å²) in [5, 5.41) is 9.22. The van der Waals surface area contributed by atoms with Crippen LogP contribution in [0.5, 0.6) is 0 Å². The molecule has 0 aliphatic heterocycles. The predicted octanol–water partition coefficient (Wildman–Crippen LogP) is 14.2. The lowest BCUT2D eigenvalue weighted by Gasteiger charge is -2.26. The maximum atomic E-state index is 11.2. The van der Waals surface area contributed by atoms with Gasteiger partial charge in [-0.15, -0.1) is 0 Å². The summed E-state index contributed by atoms with van der Waals surface area (Å²) in [6.07, 6.45) is 19.0. The minimum atomic E-state index is -0.712. The van der Waals surface area contributed by atoms with Gasteiger partial charge in [0.05, 0.1) is 11.5 Å². The van der Waals surface area contributed by atoms with Crippen LogP contribution < -0.4 is 0 Å². The minimum Gasteiger partial charge on any atom is -0.481 e. The molecule has 0 amide bonds. The van der Waals surface area contributed by atoms with Crippen LogP contribution in [0, 0.1) is 19.3 Å². The van der Waals surface area contributed by atoms with Gasteiger partial charge in [-0.05, 0) is 153 Å². The van der Waals surface area contributed by atoms with E-state index in [1.165, 1.54) is 45.5 Å². The highest BCUT2D eigenvalue weighted by molar-refractivity contribution is 5.74. The van der Waals surface area contributed by atoms with Crippen molar-refractivity contribution >= 4 is 5.97 Å². The van der Waals surface area contributed by atoms with Crippen LogP contribution in [0.1, 0.15) is 144 Å². The number of nitrogens with zero attached hydrogens (tertiary/aromatic N) is 4. The summed E-state index contributed by atoms with van der Waals surface area (Å²) in [4.78, 5) is 27.8. The monoisotopic (exact) mass is 837 g/mol. The first-order valence-corrected chi connectivity index (χ1v) is 22.3. The second kappa shape index (κ2) is 27.4. The molecule has 6 unspecified atom stereocenters. The molecule has 0 saturated carbocycles. The summed E-state index contributed by atoms with van der Waals surface area (Å²) in [6, 6.07) is 35.7. The summed E-state index contributed by atoms with van der Waals surface area (Å²) in [6.45, 7) is 18.9. The lowest BCUT2D eigenvalue weighted by Crippen LogP contribution is -2.28. The van der Waals surface area contributed by atoms with E-state index in [1.807, 2.05) is 63.0 Å². The van der Waals surface area contributed by atoms with E-state index in [1.54, 1.807) is 19.5 Å². The summed E-state index contributed by atoms with van der Waals surface area (Å²) in [5.41, 5.74) is 9.41. The molecule has 6 atom stereocenters. The van der Waals surface area contributed by atoms with Crippen LogP contribution >= 0.6 is 0 Å². The Balaban J connectivity index is 0.000000221. The van der Waals surface area contributed by atoms with E-state index in [2.05, 4.69) is 153 Å². The number of ether oxygens (including phenoxy) is 1. The first kappa shape index (κ1) is 50.8. The highest BCUT2D eigenvalue weighted by atomic mass is 16.5. The van der Waals surface area contributed by atoms with Gasteiger partial charge in [-0.1, -0.05) is 108 Å². The number of pyridine rings is 4. The molecule has 0 fully saturated rings. The quantitative estimate of drug-likeness (QED) is 0.104. The van der Waals surface area contributed by atoms with Crippen molar-refractivity contribution in [3.8, 4) is 11.1 Å². The Morgan fingerprint density at radius 2 is 1.24 bits per heavy atom. The van der Waals surface area contributed by atoms with Gasteiger partial charge in [-0.2, -0.15) is 0 Å². The van der Waals surface area contributed by atoms with Crippen molar-refractivity contribution in [1.82, 2.24) is 19.9 Å².